The van der Waals surface area contributed by atoms with Crippen molar-refractivity contribution < 1.29 is 9.53 Å². The predicted molar refractivity (Wildman–Crippen MR) is 67.0 cm³/mol. The van der Waals surface area contributed by atoms with Crippen LogP contribution in [0.2, 0.25) is 0 Å². The molecule has 0 saturated heterocycles. The van der Waals surface area contributed by atoms with E-state index in [1.54, 1.807) is 0 Å². The summed E-state index contributed by atoms with van der Waals surface area (Å²) in [6.07, 6.45) is 2.08. The zero-order valence-electron chi connectivity index (χ0n) is 10.4. The van der Waals surface area contributed by atoms with Crippen molar-refractivity contribution in [2.24, 2.45) is 5.92 Å². The van der Waals surface area contributed by atoms with Crippen molar-refractivity contribution in [1.29, 1.82) is 0 Å². The summed E-state index contributed by atoms with van der Waals surface area (Å²) in [5.41, 5.74) is 1.22. The summed E-state index contributed by atoms with van der Waals surface area (Å²) in [7, 11) is 0. The van der Waals surface area contributed by atoms with Crippen LogP contribution in [-0.4, -0.2) is 18.6 Å². The molecule has 3 nitrogen and oxygen atoms in total. The number of amides is 1. The molecule has 0 aromatic heterocycles. The molecule has 17 heavy (non-hydrogen) atoms. The molecule has 0 heterocycles. The molecule has 1 unspecified atom stereocenters. The van der Waals surface area contributed by atoms with Gasteiger partial charge in [-0.3, -0.25) is 4.79 Å². The van der Waals surface area contributed by atoms with Crippen LogP contribution in [0.3, 0.4) is 0 Å². The van der Waals surface area contributed by atoms with Gasteiger partial charge in [0.2, 0.25) is 5.91 Å². The smallest absolute Gasteiger partial charge is 0.223 e. The van der Waals surface area contributed by atoms with E-state index in [1.807, 2.05) is 38.1 Å². The summed E-state index contributed by atoms with van der Waals surface area (Å²) in [4.78, 5) is 11.5. The highest BCUT2D eigenvalue weighted by Crippen LogP contribution is 2.28. The number of benzene rings is 1. The largest absolute Gasteiger partial charge is 0.491 e. The second-order valence-electron chi connectivity index (χ2n) is 4.81. The first-order valence-electron chi connectivity index (χ1n) is 6.15. The van der Waals surface area contributed by atoms with Gasteiger partial charge in [0.15, 0.2) is 0 Å². The van der Waals surface area contributed by atoms with Gasteiger partial charge in [-0.15, -0.1) is 0 Å². The van der Waals surface area contributed by atoms with Crippen molar-refractivity contribution in [3.63, 3.8) is 0 Å². The first-order chi connectivity index (χ1) is 8.15. The maximum Gasteiger partial charge on any atom is 0.223 e. The summed E-state index contributed by atoms with van der Waals surface area (Å²) in [5.74, 6) is 1.28. The summed E-state index contributed by atoms with van der Waals surface area (Å²) >= 11 is 0. The third-order valence-corrected chi connectivity index (χ3v) is 2.86. The lowest BCUT2D eigenvalue weighted by Gasteiger charge is -2.14. The lowest BCUT2D eigenvalue weighted by atomic mass is 10.2. The van der Waals surface area contributed by atoms with E-state index in [-0.39, 0.29) is 17.9 Å². The molecular weight excluding hydrogens is 214 g/mol. The van der Waals surface area contributed by atoms with Gasteiger partial charge >= 0.3 is 0 Å². The lowest BCUT2D eigenvalue weighted by Crippen LogP contribution is -2.37. The number of hydrogen-bond acceptors (Lipinski definition) is 2. The molecule has 92 valence electrons. The number of aryl methyl sites for hydroxylation is 1. The molecule has 1 atom stereocenters. The van der Waals surface area contributed by atoms with Crippen molar-refractivity contribution in [3.05, 3.63) is 29.8 Å². The molecule has 1 aromatic carbocycles. The lowest BCUT2D eigenvalue weighted by molar-refractivity contribution is -0.123. The fraction of sp³-hybridized carbons (Fsp3) is 0.500. The highest BCUT2D eigenvalue weighted by Gasteiger charge is 2.30. The maximum atomic E-state index is 11.5. The minimum Gasteiger partial charge on any atom is -0.491 e. The van der Waals surface area contributed by atoms with Gasteiger partial charge in [-0.2, -0.15) is 0 Å². The van der Waals surface area contributed by atoms with Gasteiger partial charge in [0.05, 0.1) is 6.04 Å². The van der Waals surface area contributed by atoms with E-state index in [0.29, 0.717) is 6.61 Å². The Labute approximate surface area is 102 Å². The molecule has 1 N–H and O–H groups in total. The molecule has 0 bridgehead atoms. The van der Waals surface area contributed by atoms with Gasteiger partial charge < -0.3 is 10.1 Å². The zero-order valence-corrected chi connectivity index (χ0v) is 10.4. The first kappa shape index (κ1) is 12.0. The van der Waals surface area contributed by atoms with Crippen molar-refractivity contribution in [3.8, 4) is 5.75 Å². The van der Waals surface area contributed by atoms with E-state index < -0.39 is 0 Å². The van der Waals surface area contributed by atoms with E-state index in [2.05, 4.69) is 5.32 Å². The molecule has 1 aromatic rings. The third-order valence-electron chi connectivity index (χ3n) is 2.86. The minimum atomic E-state index is 0.0596. The summed E-state index contributed by atoms with van der Waals surface area (Å²) in [5, 5.41) is 2.96. The topological polar surface area (TPSA) is 38.3 Å². The van der Waals surface area contributed by atoms with Crippen LogP contribution in [0.5, 0.6) is 5.75 Å². The van der Waals surface area contributed by atoms with Crippen molar-refractivity contribution in [2.75, 3.05) is 6.61 Å². The zero-order chi connectivity index (χ0) is 12.3. The molecule has 2 rings (SSSR count). The summed E-state index contributed by atoms with van der Waals surface area (Å²) in [6, 6.07) is 7.99. The van der Waals surface area contributed by atoms with Gasteiger partial charge in [0.1, 0.15) is 12.4 Å². The average Bonchev–Trinajstić information content (AvgIpc) is 3.12. The molecule has 1 amide bonds. The summed E-state index contributed by atoms with van der Waals surface area (Å²) in [6.45, 7) is 4.53. The highest BCUT2D eigenvalue weighted by atomic mass is 16.5. The molecule has 1 fully saturated rings. The second kappa shape index (κ2) is 5.21. The SMILES string of the molecule is Cc1ccc(OCC(C)NC(=O)C2CC2)cc1. The number of carbonyl (C=O) groups is 1. The molecule has 1 saturated carbocycles. The van der Waals surface area contributed by atoms with Gasteiger partial charge in [-0.25, -0.2) is 0 Å². The highest BCUT2D eigenvalue weighted by molar-refractivity contribution is 5.81. The van der Waals surface area contributed by atoms with Crippen molar-refractivity contribution in [2.45, 2.75) is 32.7 Å². The maximum absolute atomic E-state index is 11.5. The van der Waals surface area contributed by atoms with Crippen LogP contribution in [0.4, 0.5) is 0 Å². The molecular formula is C14H19NO2. The van der Waals surface area contributed by atoms with Gasteiger partial charge in [-0.05, 0) is 38.8 Å². The van der Waals surface area contributed by atoms with Crippen molar-refractivity contribution >= 4 is 5.91 Å². The van der Waals surface area contributed by atoms with Crippen LogP contribution in [-0.2, 0) is 4.79 Å². The van der Waals surface area contributed by atoms with Crippen LogP contribution >= 0.6 is 0 Å². The normalized spacial score (nSPS) is 16.4. The molecule has 0 aliphatic heterocycles. The Bertz CT molecular complexity index is 382. The van der Waals surface area contributed by atoms with Crippen LogP contribution in [0.25, 0.3) is 0 Å². The first-order valence-corrected chi connectivity index (χ1v) is 6.15. The van der Waals surface area contributed by atoms with Gasteiger partial charge in [0.25, 0.3) is 0 Å². The molecule has 0 spiro atoms. The fourth-order valence-corrected chi connectivity index (χ4v) is 1.60. The van der Waals surface area contributed by atoms with E-state index >= 15 is 0 Å². The van der Waals surface area contributed by atoms with Gasteiger partial charge in [0, 0.05) is 5.92 Å². The van der Waals surface area contributed by atoms with Crippen LogP contribution < -0.4 is 10.1 Å². The Balaban J connectivity index is 1.73. The monoisotopic (exact) mass is 233 g/mol. The Morgan fingerprint density at radius 1 is 1.41 bits per heavy atom. The van der Waals surface area contributed by atoms with Crippen LogP contribution in [0, 0.1) is 12.8 Å². The Hall–Kier alpha value is -1.51. The van der Waals surface area contributed by atoms with E-state index in [9.17, 15) is 4.79 Å². The van der Waals surface area contributed by atoms with E-state index in [0.717, 1.165) is 18.6 Å². The summed E-state index contributed by atoms with van der Waals surface area (Å²) < 4.78 is 5.61. The number of rotatable bonds is 5. The predicted octanol–water partition coefficient (Wildman–Crippen LogP) is 2.29. The fourth-order valence-electron chi connectivity index (χ4n) is 1.60. The van der Waals surface area contributed by atoms with Gasteiger partial charge in [-0.1, -0.05) is 17.7 Å². The standard InChI is InChI=1S/C14H19NO2/c1-10-3-7-13(8-4-10)17-9-11(2)15-14(16)12-5-6-12/h3-4,7-8,11-12H,5-6,9H2,1-2H3,(H,15,16). The number of ether oxygens (including phenoxy) is 1. The number of nitrogens with one attached hydrogen (secondary N) is 1. The van der Waals surface area contributed by atoms with Crippen LogP contribution in [0.1, 0.15) is 25.3 Å². The molecule has 1 aliphatic rings. The number of hydrogen-bond donors (Lipinski definition) is 1. The quantitative estimate of drug-likeness (QED) is 0.847. The average molecular weight is 233 g/mol. The number of carbonyl (C=O) groups excluding carboxylic acids is 1. The Morgan fingerprint density at radius 3 is 2.65 bits per heavy atom. The molecule has 3 heteroatoms. The second-order valence-corrected chi connectivity index (χ2v) is 4.81. The van der Waals surface area contributed by atoms with Crippen molar-refractivity contribution in [1.82, 2.24) is 5.32 Å². The minimum absolute atomic E-state index is 0.0596. The van der Waals surface area contributed by atoms with Crippen LogP contribution in [0.15, 0.2) is 24.3 Å². The third kappa shape index (κ3) is 3.77. The Morgan fingerprint density at radius 2 is 2.06 bits per heavy atom. The Kier molecular flexibility index (Phi) is 3.67. The van der Waals surface area contributed by atoms with E-state index in [4.69, 9.17) is 4.74 Å². The molecule has 1 aliphatic carbocycles. The molecule has 0 radical (unpaired) electrons. The van der Waals surface area contributed by atoms with E-state index in [1.165, 1.54) is 5.56 Å².